The zero-order valence-electron chi connectivity index (χ0n) is 44.3. The lowest BCUT2D eigenvalue weighted by atomic mass is 9.74. The summed E-state index contributed by atoms with van der Waals surface area (Å²) < 4.78 is 12.4. The molecule has 1 unspecified atom stereocenters. The Morgan fingerprint density at radius 3 is 1.71 bits per heavy atom. The molecule has 3 atom stereocenters. The van der Waals surface area contributed by atoms with Crippen LogP contribution < -0.4 is 15.4 Å². The summed E-state index contributed by atoms with van der Waals surface area (Å²) in [5.41, 5.74) is 1.56. The number of hydrogen-bond acceptors (Lipinski definition) is 8. The molecule has 0 heterocycles. The Bertz CT molecular complexity index is 1780. The van der Waals surface area contributed by atoms with E-state index in [1.807, 2.05) is 45.9 Å². The molecule has 3 N–H and O–H groups in total. The third-order valence-corrected chi connectivity index (χ3v) is 13.5. The average molecular weight is 962 g/mol. The number of nitrogens with one attached hydrogen (secondary N) is 2. The number of nitrogens with zero attached hydrogens (tertiary/aromatic N) is 1. The highest BCUT2D eigenvalue weighted by atomic mass is 16.6. The summed E-state index contributed by atoms with van der Waals surface area (Å²) in [6, 6.07) is 8.03. The van der Waals surface area contributed by atoms with Gasteiger partial charge in [-0.2, -0.15) is 0 Å². The van der Waals surface area contributed by atoms with Gasteiger partial charge < -0.3 is 25.2 Å². The highest BCUT2D eigenvalue weighted by Gasteiger charge is 2.42. The molecule has 390 valence electrons. The van der Waals surface area contributed by atoms with E-state index in [9.17, 15) is 29.6 Å². The van der Waals surface area contributed by atoms with Crippen molar-refractivity contribution >= 4 is 23.5 Å². The molecule has 0 aliphatic rings. The standard InChI is InChI=1S/C58H95N3O8/c1-8-10-12-14-16-18-20-22-23-25-27-29-31-33-35-41-54(64)69-52(40-34-32-30-28-26-24-21-19-17-15-13-11-9-2)50(44-62)60-57(65)56(59-48(5)63)58(6,7)55-47(4)42-46(3)43-53(55)68-45-49-38-36-37-39-51(49)61(66)67/h34,36-40,42-43,50,52,56,62H,8-33,35,41,44-45H2,1-7H3,(H,59,63)(H,60,65)/b40-34+/t50-,52+,56?/m0/s1. The number of nitro groups is 1. The van der Waals surface area contributed by atoms with Gasteiger partial charge in [0.15, 0.2) is 0 Å². The van der Waals surface area contributed by atoms with Crippen LogP contribution in [0.2, 0.25) is 0 Å². The second-order valence-electron chi connectivity index (χ2n) is 20.2. The van der Waals surface area contributed by atoms with E-state index in [1.165, 1.54) is 141 Å². The molecule has 0 aliphatic carbocycles. The lowest BCUT2D eigenvalue weighted by Crippen LogP contribution is -2.59. The van der Waals surface area contributed by atoms with Gasteiger partial charge in [0.2, 0.25) is 11.8 Å². The number of aliphatic hydroxyl groups is 1. The molecule has 0 fully saturated rings. The highest BCUT2D eigenvalue weighted by molar-refractivity contribution is 5.89. The Labute approximate surface area is 418 Å². The number of aliphatic hydroxyl groups excluding tert-OH is 1. The van der Waals surface area contributed by atoms with Gasteiger partial charge in [0, 0.05) is 30.4 Å². The number of carbonyl (C=O) groups excluding carboxylic acids is 3. The number of allylic oxidation sites excluding steroid dienone is 1. The average Bonchev–Trinajstić information content (AvgIpc) is 3.31. The van der Waals surface area contributed by atoms with Gasteiger partial charge in [0.1, 0.15) is 24.5 Å². The number of rotatable bonds is 41. The van der Waals surface area contributed by atoms with E-state index in [0.29, 0.717) is 23.3 Å². The van der Waals surface area contributed by atoms with Crippen LogP contribution in [0.1, 0.15) is 237 Å². The maximum atomic E-state index is 14.5. The van der Waals surface area contributed by atoms with E-state index in [2.05, 4.69) is 24.5 Å². The number of carbonyl (C=O) groups is 3. The second-order valence-corrected chi connectivity index (χ2v) is 20.2. The molecule has 0 aromatic heterocycles. The highest BCUT2D eigenvalue weighted by Crippen LogP contribution is 2.39. The third-order valence-electron chi connectivity index (χ3n) is 13.5. The van der Waals surface area contributed by atoms with Crippen molar-refractivity contribution in [1.29, 1.82) is 0 Å². The van der Waals surface area contributed by atoms with E-state index >= 15 is 0 Å². The maximum absolute atomic E-state index is 14.5. The first-order valence-electron chi connectivity index (χ1n) is 27.3. The van der Waals surface area contributed by atoms with Crippen LogP contribution >= 0.6 is 0 Å². The van der Waals surface area contributed by atoms with Crippen LogP contribution in [-0.2, 0) is 31.1 Å². The summed E-state index contributed by atoms with van der Waals surface area (Å²) >= 11 is 0. The van der Waals surface area contributed by atoms with Crippen molar-refractivity contribution < 1.29 is 33.9 Å². The smallest absolute Gasteiger partial charge is 0.306 e. The van der Waals surface area contributed by atoms with Gasteiger partial charge in [-0.05, 0) is 62.4 Å². The van der Waals surface area contributed by atoms with Crippen molar-refractivity contribution in [1.82, 2.24) is 10.6 Å². The summed E-state index contributed by atoms with van der Waals surface area (Å²) in [6.07, 6.45) is 35.9. The Hall–Kier alpha value is -4.25. The van der Waals surface area contributed by atoms with E-state index in [1.54, 1.807) is 24.3 Å². The number of nitro benzene ring substituents is 1. The number of unbranched alkanes of at least 4 members (excludes halogenated alkanes) is 25. The van der Waals surface area contributed by atoms with Crippen LogP contribution in [0.5, 0.6) is 5.75 Å². The van der Waals surface area contributed by atoms with Gasteiger partial charge >= 0.3 is 5.97 Å². The SMILES string of the molecule is CCCCCCCCCCCCC/C=C/[C@@H](OC(=O)CCCCCCCCCCCCCCCCC)[C@H](CO)NC(=O)C(NC(C)=O)C(C)(C)c1c(C)cc(C)cc1OCc1ccccc1[N+](=O)[O-]. The Morgan fingerprint density at radius 2 is 1.22 bits per heavy atom. The van der Waals surface area contributed by atoms with E-state index in [4.69, 9.17) is 9.47 Å². The first kappa shape index (κ1) is 60.9. The summed E-state index contributed by atoms with van der Waals surface area (Å²) in [5.74, 6) is -0.958. The fraction of sp³-hybridized carbons (Fsp3) is 0.707. The lowest BCUT2D eigenvalue weighted by Gasteiger charge is -2.37. The predicted molar refractivity (Wildman–Crippen MR) is 283 cm³/mol. The fourth-order valence-electron chi connectivity index (χ4n) is 9.52. The zero-order valence-corrected chi connectivity index (χ0v) is 44.3. The Balaban J connectivity index is 2.15. The topological polar surface area (TPSA) is 157 Å². The first-order chi connectivity index (χ1) is 33.3. The molecule has 11 nitrogen and oxygen atoms in total. The van der Waals surface area contributed by atoms with Crippen molar-refractivity contribution in [3.63, 3.8) is 0 Å². The monoisotopic (exact) mass is 962 g/mol. The first-order valence-corrected chi connectivity index (χ1v) is 27.3. The molecule has 11 heteroatoms. The quantitative estimate of drug-likeness (QED) is 0.0195. The van der Waals surface area contributed by atoms with Crippen LogP contribution in [-0.4, -0.2) is 52.6 Å². The third kappa shape index (κ3) is 25.4. The van der Waals surface area contributed by atoms with Gasteiger partial charge in [-0.1, -0.05) is 206 Å². The molecule has 69 heavy (non-hydrogen) atoms. The Morgan fingerprint density at radius 1 is 0.725 bits per heavy atom. The molecule has 2 amide bonds. The number of benzene rings is 2. The number of aryl methyl sites for hydroxylation is 2. The molecule has 2 aromatic carbocycles. The lowest BCUT2D eigenvalue weighted by molar-refractivity contribution is -0.385. The van der Waals surface area contributed by atoms with E-state index < -0.39 is 46.9 Å². The molecular weight excluding hydrogens is 867 g/mol. The van der Waals surface area contributed by atoms with Crippen LogP contribution in [0, 0.1) is 24.0 Å². The fourth-order valence-corrected chi connectivity index (χ4v) is 9.52. The van der Waals surface area contributed by atoms with Gasteiger partial charge in [-0.3, -0.25) is 24.5 Å². The van der Waals surface area contributed by atoms with E-state index in [-0.39, 0.29) is 24.7 Å². The predicted octanol–water partition coefficient (Wildman–Crippen LogP) is 14.5. The molecular formula is C58H95N3O8. The summed E-state index contributed by atoms with van der Waals surface area (Å²) in [5, 5.41) is 28.4. The molecule has 0 radical (unpaired) electrons. The van der Waals surface area contributed by atoms with Crippen molar-refractivity contribution in [3.05, 3.63) is 80.9 Å². The number of ether oxygens (including phenoxy) is 2. The molecule has 0 saturated heterocycles. The molecule has 0 saturated carbocycles. The minimum Gasteiger partial charge on any atom is -0.488 e. The summed E-state index contributed by atoms with van der Waals surface area (Å²) in [6.45, 7) is 12.7. The van der Waals surface area contributed by atoms with Crippen molar-refractivity contribution in [2.75, 3.05) is 6.61 Å². The van der Waals surface area contributed by atoms with Crippen LogP contribution in [0.25, 0.3) is 0 Å². The molecule has 0 spiro atoms. The van der Waals surface area contributed by atoms with Gasteiger partial charge in [-0.25, -0.2) is 0 Å². The molecule has 0 bridgehead atoms. The minimum atomic E-state index is -1.16. The van der Waals surface area contributed by atoms with Gasteiger partial charge in [0.05, 0.1) is 23.1 Å². The number of hydrogen-bond donors (Lipinski definition) is 3. The molecule has 2 rings (SSSR count). The van der Waals surface area contributed by atoms with Crippen molar-refractivity contribution in [3.8, 4) is 5.75 Å². The van der Waals surface area contributed by atoms with E-state index in [0.717, 1.165) is 49.7 Å². The Kier molecular flexibility index (Phi) is 32.3. The van der Waals surface area contributed by atoms with Crippen LogP contribution in [0.15, 0.2) is 48.6 Å². The number of para-hydroxylation sites is 1. The van der Waals surface area contributed by atoms with Gasteiger partial charge in [-0.15, -0.1) is 0 Å². The number of amides is 2. The second kappa shape index (κ2) is 36.7. The van der Waals surface area contributed by atoms with Crippen LogP contribution in [0.3, 0.4) is 0 Å². The normalized spacial score (nSPS) is 13.0. The summed E-state index contributed by atoms with van der Waals surface area (Å²) in [4.78, 5) is 52.1. The summed E-state index contributed by atoms with van der Waals surface area (Å²) in [7, 11) is 0. The molecule has 2 aromatic rings. The minimum absolute atomic E-state index is 0.0637. The van der Waals surface area contributed by atoms with Crippen molar-refractivity contribution in [2.45, 2.75) is 258 Å². The number of esters is 1. The van der Waals surface area contributed by atoms with Crippen molar-refractivity contribution in [2.24, 2.45) is 0 Å². The molecule has 0 aliphatic heterocycles. The zero-order chi connectivity index (χ0) is 50.7. The van der Waals surface area contributed by atoms with Gasteiger partial charge in [0.25, 0.3) is 5.69 Å². The maximum Gasteiger partial charge on any atom is 0.306 e. The largest absolute Gasteiger partial charge is 0.488 e. The van der Waals surface area contributed by atoms with Crippen LogP contribution in [0.4, 0.5) is 5.69 Å².